The molecule has 0 aliphatic carbocycles. The zero-order valence-electron chi connectivity index (χ0n) is 8.98. The lowest BCUT2D eigenvalue weighted by molar-refractivity contribution is -0.159. The maximum atomic E-state index is 13.4. The van der Waals surface area contributed by atoms with E-state index in [1.54, 1.807) is 0 Å². The van der Waals surface area contributed by atoms with Crippen LogP contribution in [0.1, 0.15) is 12.0 Å². The number of nitrogens with zero attached hydrogens (tertiary/aromatic N) is 1. The van der Waals surface area contributed by atoms with Crippen LogP contribution in [0, 0.1) is 18.2 Å². The van der Waals surface area contributed by atoms with E-state index in [4.69, 9.17) is 6.42 Å². The molecule has 1 aliphatic rings. The van der Waals surface area contributed by atoms with E-state index >= 15 is 0 Å². The number of likely N-dealkylation sites (tertiary alicyclic amines) is 1. The number of carbonyl (C=O) groups is 1. The molecule has 4 nitrogen and oxygen atoms in total. The molecule has 17 heavy (non-hydrogen) atoms. The van der Waals surface area contributed by atoms with Crippen LogP contribution in [0.5, 0.6) is 5.75 Å². The zero-order valence-corrected chi connectivity index (χ0v) is 8.98. The second kappa shape index (κ2) is 4.74. The number of benzene rings is 1. The molecule has 0 radical (unpaired) electrons. The molecule has 2 rings (SSSR count). The van der Waals surface area contributed by atoms with Gasteiger partial charge in [0.05, 0.1) is 0 Å². The van der Waals surface area contributed by atoms with Gasteiger partial charge in [-0.25, -0.2) is 14.1 Å². The Morgan fingerprint density at radius 1 is 1.47 bits per heavy atom. The first-order valence-electron chi connectivity index (χ1n) is 5.10. The molecule has 0 saturated carbocycles. The van der Waals surface area contributed by atoms with Crippen LogP contribution in [-0.2, 0) is 4.89 Å². The fraction of sp³-hybridized carbons (Fsp3) is 0.250. The SMILES string of the molecule is C#Cc1ccc(OOC(=O)N2CCC2)c(F)c1. The number of hydrogen-bond donors (Lipinski definition) is 0. The fourth-order valence-electron chi connectivity index (χ4n) is 1.29. The minimum atomic E-state index is -0.670. The summed E-state index contributed by atoms with van der Waals surface area (Å²) >= 11 is 0. The van der Waals surface area contributed by atoms with Crippen LogP contribution >= 0.6 is 0 Å². The largest absolute Gasteiger partial charge is 0.452 e. The van der Waals surface area contributed by atoms with Crippen molar-refractivity contribution in [2.45, 2.75) is 6.42 Å². The maximum Gasteiger partial charge on any atom is 0.452 e. The molecule has 0 unspecified atom stereocenters. The van der Waals surface area contributed by atoms with Gasteiger partial charge in [-0.15, -0.1) is 6.42 Å². The van der Waals surface area contributed by atoms with E-state index in [1.165, 1.54) is 17.0 Å². The smallest absolute Gasteiger partial charge is 0.305 e. The highest BCUT2D eigenvalue weighted by Crippen LogP contribution is 2.19. The predicted octanol–water partition coefficient (Wildman–Crippen LogP) is 1.94. The molecule has 0 bridgehead atoms. The summed E-state index contributed by atoms with van der Waals surface area (Å²) in [6.45, 7) is 1.28. The Balaban J connectivity index is 1.94. The van der Waals surface area contributed by atoms with Gasteiger partial charge in [-0.1, -0.05) is 5.92 Å². The topological polar surface area (TPSA) is 38.8 Å². The standard InChI is InChI=1S/C12H10FNO3/c1-2-9-4-5-11(10(13)8-9)16-17-12(15)14-6-3-7-14/h1,4-5,8H,3,6-7H2. The van der Waals surface area contributed by atoms with Crippen molar-refractivity contribution < 1.29 is 19.0 Å². The van der Waals surface area contributed by atoms with Crippen LogP contribution in [0.4, 0.5) is 9.18 Å². The third kappa shape index (κ3) is 2.48. The molecular formula is C12H10FNO3. The van der Waals surface area contributed by atoms with E-state index in [0.717, 1.165) is 12.5 Å². The molecule has 1 fully saturated rings. The van der Waals surface area contributed by atoms with Gasteiger partial charge in [0.2, 0.25) is 5.75 Å². The van der Waals surface area contributed by atoms with Crippen molar-refractivity contribution in [3.8, 4) is 18.1 Å². The molecule has 1 aliphatic heterocycles. The minimum Gasteiger partial charge on any atom is -0.305 e. The highest BCUT2D eigenvalue weighted by Gasteiger charge is 2.23. The first-order chi connectivity index (χ1) is 8.20. The van der Waals surface area contributed by atoms with E-state index < -0.39 is 11.9 Å². The fourth-order valence-corrected chi connectivity index (χ4v) is 1.29. The first kappa shape index (κ1) is 11.3. The Morgan fingerprint density at radius 2 is 2.24 bits per heavy atom. The third-order valence-electron chi connectivity index (χ3n) is 2.42. The Kier molecular flexibility index (Phi) is 3.15. The van der Waals surface area contributed by atoms with E-state index in [9.17, 15) is 9.18 Å². The van der Waals surface area contributed by atoms with Gasteiger partial charge >= 0.3 is 6.09 Å². The van der Waals surface area contributed by atoms with Gasteiger partial charge in [0.15, 0.2) is 5.82 Å². The summed E-state index contributed by atoms with van der Waals surface area (Å²) in [5.74, 6) is 1.45. The molecule has 88 valence electrons. The molecular weight excluding hydrogens is 225 g/mol. The summed E-state index contributed by atoms with van der Waals surface area (Å²) in [5, 5.41) is 0. The van der Waals surface area contributed by atoms with Crippen molar-refractivity contribution in [1.29, 1.82) is 0 Å². The monoisotopic (exact) mass is 235 g/mol. The molecule has 1 aromatic carbocycles. The van der Waals surface area contributed by atoms with Crippen molar-refractivity contribution in [1.82, 2.24) is 4.90 Å². The molecule has 5 heteroatoms. The van der Waals surface area contributed by atoms with Crippen LogP contribution < -0.4 is 4.89 Å². The van der Waals surface area contributed by atoms with Crippen LogP contribution in [0.25, 0.3) is 0 Å². The van der Waals surface area contributed by atoms with Gasteiger partial charge in [-0.2, -0.15) is 0 Å². The summed E-state index contributed by atoms with van der Waals surface area (Å²) < 4.78 is 13.4. The second-order valence-electron chi connectivity index (χ2n) is 3.56. The first-order valence-corrected chi connectivity index (χ1v) is 5.10. The predicted molar refractivity (Wildman–Crippen MR) is 57.6 cm³/mol. The minimum absolute atomic E-state index is 0.169. The van der Waals surface area contributed by atoms with Crippen molar-refractivity contribution >= 4 is 6.09 Å². The van der Waals surface area contributed by atoms with E-state index in [0.29, 0.717) is 18.7 Å². The van der Waals surface area contributed by atoms with Crippen molar-refractivity contribution in [3.63, 3.8) is 0 Å². The summed E-state index contributed by atoms with van der Waals surface area (Å²) in [7, 11) is 0. The Hall–Kier alpha value is -2.22. The average Bonchev–Trinajstić information content (AvgIpc) is 2.25. The summed E-state index contributed by atoms with van der Waals surface area (Å²) in [5.41, 5.74) is 0.393. The van der Waals surface area contributed by atoms with Crippen LogP contribution in [0.3, 0.4) is 0 Å². The number of terminal acetylenes is 1. The molecule has 1 amide bonds. The molecule has 0 atom stereocenters. The van der Waals surface area contributed by atoms with Crippen molar-refractivity contribution in [3.05, 3.63) is 29.6 Å². The van der Waals surface area contributed by atoms with Gasteiger partial charge in [-0.3, -0.25) is 4.89 Å². The third-order valence-corrected chi connectivity index (χ3v) is 2.42. The normalized spacial score (nSPS) is 13.5. The van der Waals surface area contributed by atoms with E-state index in [2.05, 4.69) is 15.7 Å². The van der Waals surface area contributed by atoms with Crippen molar-refractivity contribution in [2.75, 3.05) is 13.1 Å². The molecule has 1 heterocycles. The number of rotatable bonds is 2. The highest BCUT2D eigenvalue weighted by molar-refractivity contribution is 5.67. The lowest BCUT2D eigenvalue weighted by Crippen LogP contribution is -2.42. The van der Waals surface area contributed by atoms with Gasteiger partial charge < -0.3 is 4.90 Å². The second-order valence-corrected chi connectivity index (χ2v) is 3.56. The molecule has 1 saturated heterocycles. The van der Waals surface area contributed by atoms with Crippen molar-refractivity contribution in [2.24, 2.45) is 0 Å². The molecule has 0 spiro atoms. The lowest BCUT2D eigenvalue weighted by Gasteiger charge is -2.28. The number of carbonyl (C=O) groups excluding carboxylic acids is 1. The zero-order chi connectivity index (χ0) is 12.3. The van der Waals surface area contributed by atoms with Crippen LogP contribution in [0.2, 0.25) is 0 Å². The Bertz CT molecular complexity index is 477. The van der Waals surface area contributed by atoms with E-state index in [1.807, 2.05) is 0 Å². The van der Waals surface area contributed by atoms with Gasteiger partial charge in [0, 0.05) is 18.7 Å². The summed E-state index contributed by atoms with van der Waals surface area (Å²) in [6, 6.07) is 3.94. The average molecular weight is 235 g/mol. The van der Waals surface area contributed by atoms with Gasteiger partial charge in [0.1, 0.15) is 0 Å². The van der Waals surface area contributed by atoms with Gasteiger partial charge in [-0.05, 0) is 24.6 Å². The molecule has 1 aromatic rings. The van der Waals surface area contributed by atoms with E-state index in [-0.39, 0.29) is 5.75 Å². The van der Waals surface area contributed by atoms with Crippen LogP contribution in [0.15, 0.2) is 18.2 Å². The quantitative estimate of drug-likeness (QED) is 0.446. The molecule has 0 aromatic heterocycles. The Morgan fingerprint density at radius 3 is 2.76 bits per heavy atom. The number of halogens is 1. The molecule has 0 N–H and O–H groups in total. The van der Waals surface area contributed by atoms with Gasteiger partial charge in [0.25, 0.3) is 0 Å². The lowest BCUT2D eigenvalue weighted by atomic mass is 10.2. The van der Waals surface area contributed by atoms with Crippen LogP contribution in [-0.4, -0.2) is 24.1 Å². The number of amides is 1. The maximum absolute atomic E-state index is 13.4. The summed E-state index contributed by atoms with van der Waals surface area (Å²) in [4.78, 5) is 21.8. The highest BCUT2D eigenvalue weighted by atomic mass is 19.1. The number of hydrogen-bond acceptors (Lipinski definition) is 3. The Labute approximate surface area is 97.9 Å². The summed E-state index contributed by atoms with van der Waals surface area (Å²) in [6.07, 6.45) is 5.44.